The molecule has 0 aliphatic heterocycles. The first-order valence-electron chi connectivity index (χ1n) is 3.34. The Hall–Kier alpha value is -0.830. The minimum atomic E-state index is -0.928. The van der Waals surface area contributed by atoms with Gasteiger partial charge >= 0.3 is 0 Å². The lowest BCUT2D eigenvalue weighted by Crippen LogP contribution is -2.18. The summed E-state index contributed by atoms with van der Waals surface area (Å²) in [6.07, 6.45) is 1.66. The van der Waals surface area contributed by atoms with Crippen LogP contribution < -0.4 is 4.31 Å². The maximum atomic E-state index is 11.0. The Balaban J connectivity index is 2.85. The molecule has 0 spiro atoms. The van der Waals surface area contributed by atoms with Crippen LogP contribution in [0.25, 0.3) is 0 Å². The first kappa shape index (κ1) is 8.27. The summed E-state index contributed by atoms with van der Waals surface area (Å²) in [6.45, 7) is 0. The first-order chi connectivity index (χ1) is 5.22. The van der Waals surface area contributed by atoms with Crippen molar-refractivity contribution in [2.24, 2.45) is 0 Å². The summed E-state index contributed by atoms with van der Waals surface area (Å²) in [6, 6.07) is 9.66. The van der Waals surface area contributed by atoms with Crippen molar-refractivity contribution in [2.45, 2.75) is 0 Å². The minimum Gasteiger partial charge on any atom is -0.295 e. The molecular weight excluding hydrogens is 158 g/mol. The molecule has 2 nitrogen and oxygen atoms in total. The third kappa shape index (κ3) is 2.05. The Morgan fingerprint density at radius 1 is 1.27 bits per heavy atom. The molecule has 1 aromatic carbocycles. The van der Waals surface area contributed by atoms with Crippen LogP contribution >= 0.6 is 0 Å². The Labute approximate surface area is 69.4 Å². The molecular formula is C8H11NOS. The van der Waals surface area contributed by atoms with Crippen LogP contribution in [0.3, 0.4) is 0 Å². The Bertz CT molecular complexity index is 248. The standard InChI is InChI=1S/C8H11NOS/c1-9(11(2)10)8-6-4-3-5-7-8/h3-7H,1-2H3. The second kappa shape index (κ2) is 3.53. The molecule has 1 atom stereocenters. The van der Waals surface area contributed by atoms with Gasteiger partial charge in [-0.15, -0.1) is 0 Å². The number of nitrogens with zero attached hydrogens (tertiary/aromatic N) is 1. The van der Waals surface area contributed by atoms with E-state index in [0.29, 0.717) is 0 Å². The van der Waals surface area contributed by atoms with Crippen molar-refractivity contribution in [3.05, 3.63) is 30.3 Å². The number of hydrogen-bond donors (Lipinski definition) is 0. The molecule has 0 aliphatic carbocycles. The summed E-state index contributed by atoms with van der Waals surface area (Å²) in [4.78, 5) is 0. The predicted octanol–water partition coefficient (Wildman–Crippen LogP) is 1.42. The van der Waals surface area contributed by atoms with Gasteiger partial charge in [0.2, 0.25) is 0 Å². The van der Waals surface area contributed by atoms with Crippen molar-refractivity contribution in [2.75, 3.05) is 17.6 Å². The highest BCUT2D eigenvalue weighted by molar-refractivity contribution is 7.85. The van der Waals surface area contributed by atoms with Gasteiger partial charge in [0.1, 0.15) is 11.0 Å². The molecule has 0 saturated carbocycles. The van der Waals surface area contributed by atoms with Gasteiger partial charge in [-0.2, -0.15) is 0 Å². The molecule has 0 bridgehead atoms. The second-order valence-corrected chi connectivity index (χ2v) is 3.65. The normalized spacial score (nSPS) is 12.5. The van der Waals surface area contributed by atoms with Crippen LogP contribution in [0, 0.1) is 0 Å². The third-order valence-corrected chi connectivity index (χ3v) is 2.49. The number of rotatable bonds is 2. The Kier molecular flexibility index (Phi) is 2.65. The molecule has 0 amide bonds. The molecule has 0 fully saturated rings. The molecule has 0 aliphatic rings. The first-order valence-corrected chi connectivity index (χ1v) is 4.85. The number of anilines is 1. The highest BCUT2D eigenvalue weighted by Crippen LogP contribution is 2.11. The predicted molar refractivity (Wildman–Crippen MR) is 48.9 cm³/mol. The fourth-order valence-electron chi connectivity index (χ4n) is 0.786. The van der Waals surface area contributed by atoms with E-state index in [1.165, 1.54) is 0 Å². The minimum absolute atomic E-state index is 0.928. The average Bonchev–Trinajstić information content (AvgIpc) is 2.05. The number of hydrogen-bond acceptors (Lipinski definition) is 1. The van der Waals surface area contributed by atoms with E-state index in [4.69, 9.17) is 0 Å². The van der Waals surface area contributed by atoms with Crippen LogP contribution in [0.15, 0.2) is 30.3 Å². The molecule has 0 radical (unpaired) electrons. The lowest BCUT2D eigenvalue weighted by Gasteiger charge is -2.14. The SMILES string of the molecule is CN(c1ccccc1)S(C)=O. The Morgan fingerprint density at radius 2 is 1.82 bits per heavy atom. The highest BCUT2D eigenvalue weighted by atomic mass is 32.2. The van der Waals surface area contributed by atoms with Gasteiger partial charge in [-0.25, -0.2) is 4.21 Å². The smallest absolute Gasteiger partial charge is 0.116 e. The van der Waals surface area contributed by atoms with Gasteiger partial charge in [-0.05, 0) is 12.1 Å². The molecule has 0 heterocycles. The van der Waals surface area contributed by atoms with Gasteiger partial charge in [0.25, 0.3) is 0 Å². The van der Waals surface area contributed by atoms with Crippen LogP contribution in [0.5, 0.6) is 0 Å². The quantitative estimate of drug-likeness (QED) is 0.655. The van der Waals surface area contributed by atoms with Crippen LogP contribution in [0.2, 0.25) is 0 Å². The maximum absolute atomic E-state index is 11.0. The lowest BCUT2D eigenvalue weighted by molar-refractivity contribution is 0.685. The van der Waals surface area contributed by atoms with Crippen LogP contribution in [-0.4, -0.2) is 17.5 Å². The van der Waals surface area contributed by atoms with Crippen molar-refractivity contribution in [1.82, 2.24) is 0 Å². The largest absolute Gasteiger partial charge is 0.295 e. The average molecular weight is 169 g/mol. The van der Waals surface area contributed by atoms with Crippen molar-refractivity contribution < 1.29 is 4.21 Å². The van der Waals surface area contributed by atoms with Crippen molar-refractivity contribution >= 4 is 16.7 Å². The molecule has 1 unspecified atom stereocenters. The molecule has 0 aromatic heterocycles. The number of benzene rings is 1. The van der Waals surface area contributed by atoms with E-state index in [0.717, 1.165) is 5.69 Å². The van der Waals surface area contributed by atoms with E-state index in [1.54, 1.807) is 10.6 Å². The summed E-state index contributed by atoms with van der Waals surface area (Å²) >= 11 is 0. The monoisotopic (exact) mass is 169 g/mol. The molecule has 3 heteroatoms. The van der Waals surface area contributed by atoms with Crippen LogP contribution in [0.4, 0.5) is 5.69 Å². The molecule has 1 aromatic rings. The zero-order chi connectivity index (χ0) is 8.27. The third-order valence-electron chi connectivity index (χ3n) is 1.51. The van der Waals surface area contributed by atoms with Gasteiger partial charge in [0.05, 0.1) is 0 Å². The van der Waals surface area contributed by atoms with E-state index < -0.39 is 11.0 Å². The molecule has 1 rings (SSSR count). The van der Waals surface area contributed by atoms with Crippen LogP contribution in [0.1, 0.15) is 0 Å². The molecule has 0 saturated heterocycles. The zero-order valence-electron chi connectivity index (χ0n) is 6.65. The van der Waals surface area contributed by atoms with E-state index in [-0.39, 0.29) is 0 Å². The van der Waals surface area contributed by atoms with Gasteiger partial charge in [-0.3, -0.25) is 4.31 Å². The highest BCUT2D eigenvalue weighted by Gasteiger charge is 2.00. The van der Waals surface area contributed by atoms with Gasteiger partial charge in [-0.1, -0.05) is 18.2 Å². The van der Waals surface area contributed by atoms with Crippen molar-refractivity contribution in [3.8, 4) is 0 Å². The van der Waals surface area contributed by atoms with Gasteiger partial charge in [0.15, 0.2) is 0 Å². The summed E-state index contributed by atoms with van der Waals surface area (Å²) in [7, 11) is 0.883. The maximum Gasteiger partial charge on any atom is 0.116 e. The van der Waals surface area contributed by atoms with Gasteiger partial charge in [0, 0.05) is 19.0 Å². The second-order valence-electron chi connectivity index (χ2n) is 2.26. The van der Waals surface area contributed by atoms with Crippen molar-refractivity contribution in [1.29, 1.82) is 0 Å². The van der Waals surface area contributed by atoms with Gasteiger partial charge < -0.3 is 0 Å². The summed E-state index contributed by atoms with van der Waals surface area (Å²) < 4.78 is 12.7. The fourth-order valence-corrected chi connectivity index (χ4v) is 1.20. The van der Waals surface area contributed by atoms with E-state index >= 15 is 0 Å². The van der Waals surface area contributed by atoms with E-state index in [9.17, 15) is 4.21 Å². The lowest BCUT2D eigenvalue weighted by atomic mass is 10.3. The topological polar surface area (TPSA) is 20.3 Å². The zero-order valence-corrected chi connectivity index (χ0v) is 7.47. The summed E-state index contributed by atoms with van der Waals surface area (Å²) in [5.41, 5.74) is 0.980. The van der Waals surface area contributed by atoms with E-state index in [2.05, 4.69) is 0 Å². The Morgan fingerprint density at radius 3 is 2.27 bits per heavy atom. The summed E-state index contributed by atoms with van der Waals surface area (Å²) in [5.74, 6) is 0. The fraction of sp³-hybridized carbons (Fsp3) is 0.250. The summed E-state index contributed by atoms with van der Waals surface area (Å²) in [5, 5.41) is 0. The van der Waals surface area contributed by atoms with Crippen molar-refractivity contribution in [3.63, 3.8) is 0 Å². The molecule has 0 N–H and O–H groups in total. The number of para-hydroxylation sites is 1. The molecule has 60 valence electrons. The van der Waals surface area contributed by atoms with Crippen LogP contribution in [-0.2, 0) is 11.0 Å². The molecule has 11 heavy (non-hydrogen) atoms. The van der Waals surface area contributed by atoms with E-state index in [1.807, 2.05) is 37.4 Å².